The molecule has 2 fully saturated rings. The number of hydrogen-bond acceptors (Lipinski definition) is 4. The van der Waals surface area contributed by atoms with Gasteiger partial charge >= 0.3 is 12.0 Å². The van der Waals surface area contributed by atoms with Crippen molar-refractivity contribution in [2.45, 2.75) is 44.9 Å². The number of rotatable bonds is 5. The molecule has 0 aliphatic carbocycles. The smallest absolute Gasteiger partial charge is 0.318 e. The van der Waals surface area contributed by atoms with Gasteiger partial charge in [0, 0.05) is 13.2 Å². The monoisotopic (exact) mass is 300 g/mol. The van der Waals surface area contributed by atoms with Gasteiger partial charge in [-0.2, -0.15) is 0 Å². The molecule has 0 saturated carbocycles. The van der Waals surface area contributed by atoms with Gasteiger partial charge in [-0.25, -0.2) is 4.79 Å². The molecule has 4 unspecified atom stereocenters. The molecule has 2 saturated heterocycles. The van der Waals surface area contributed by atoms with Crippen molar-refractivity contribution in [3.05, 3.63) is 0 Å². The molecule has 2 aliphatic heterocycles. The average Bonchev–Trinajstić information content (AvgIpc) is 3.10. The van der Waals surface area contributed by atoms with E-state index in [4.69, 9.17) is 9.47 Å². The summed E-state index contributed by atoms with van der Waals surface area (Å²) in [5.74, 6) is -1.58. The van der Waals surface area contributed by atoms with Crippen LogP contribution >= 0.6 is 0 Å². The van der Waals surface area contributed by atoms with Crippen LogP contribution in [-0.4, -0.2) is 66.6 Å². The molecular weight excluding hydrogens is 276 g/mol. The zero-order valence-corrected chi connectivity index (χ0v) is 12.6. The number of amides is 2. The van der Waals surface area contributed by atoms with Gasteiger partial charge in [0.05, 0.1) is 31.4 Å². The minimum Gasteiger partial charge on any atom is -0.481 e. The van der Waals surface area contributed by atoms with Gasteiger partial charge in [-0.15, -0.1) is 0 Å². The van der Waals surface area contributed by atoms with Gasteiger partial charge in [0.25, 0.3) is 0 Å². The molecule has 2 rings (SSSR count). The van der Waals surface area contributed by atoms with E-state index in [1.54, 1.807) is 4.90 Å². The fraction of sp³-hybridized carbons (Fsp3) is 0.857. The summed E-state index contributed by atoms with van der Waals surface area (Å²) in [5.41, 5.74) is 0. The molecule has 2 aliphatic rings. The van der Waals surface area contributed by atoms with E-state index in [-0.39, 0.29) is 31.4 Å². The predicted octanol–water partition coefficient (Wildman–Crippen LogP) is 0.685. The molecule has 0 aromatic carbocycles. The Bertz CT molecular complexity index is 384. The fourth-order valence-corrected chi connectivity index (χ4v) is 2.98. The number of aliphatic carboxylic acids is 1. The van der Waals surface area contributed by atoms with Gasteiger partial charge in [-0.3, -0.25) is 4.79 Å². The lowest BCUT2D eigenvalue weighted by Gasteiger charge is -2.31. The summed E-state index contributed by atoms with van der Waals surface area (Å²) in [6.07, 6.45) is 2.00. The Morgan fingerprint density at radius 1 is 1.43 bits per heavy atom. The number of likely N-dealkylation sites (N-methyl/N-ethyl adjacent to an activating group) is 1. The SMILES string of the molecule is CCN(C(=O)NC(C)C1CCCO1)C1COCC1C(=O)O. The second-order valence-electron chi connectivity index (χ2n) is 5.63. The van der Waals surface area contributed by atoms with Crippen LogP contribution in [0.25, 0.3) is 0 Å². The van der Waals surface area contributed by atoms with E-state index in [9.17, 15) is 14.7 Å². The van der Waals surface area contributed by atoms with Crippen LogP contribution in [0.4, 0.5) is 4.79 Å². The first-order chi connectivity index (χ1) is 10.0. The minimum atomic E-state index is -0.920. The third-order valence-corrected chi connectivity index (χ3v) is 4.24. The third-order valence-electron chi connectivity index (χ3n) is 4.24. The van der Waals surface area contributed by atoms with Crippen molar-refractivity contribution in [1.29, 1.82) is 0 Å². The Morgan fingerprint density at radius 3 is 2.76 bits per heavy atom. The van der Waals surface area contributed by atoms with E-state index in [1.807, 2.05) is 13.8 Å². The highest BCUT2D eigenvalue weighted by Gasteiger charge is 2.40. The van der Waals surface area contributed by atoms with Crippen molar-refractivity contribution in [2.75, 3.05) is 26.4 Å². The lowest BCUT2D eigenvalue weighted by molar-refractivity contribution is -0.142. The first-order valence-electron chi connectivity index (χ1n) is 7.53. The third kappa shape index (κ3) is 3.65. The van der Waals surface area contributed by atoms with E-state index in [1.165, 1.54) is 0 Å². The van der Waals surface area contributed by atoms with Gasteiger partial charge in [0.2, 0.25) is 0 Å². The number of carbonyl (C=O) groups excluding carboxylic acids is 1. The van der Waals surface area contributed by atoms with Crippen molar-refractivity contribution >= 4 is 12.0 Å². The molecular formula is C14H24N2O5. The number of carbonyl (C=O) groups is 2. The van der Waals surface area contributed by atoms with Gasteiger partial charge in [0.15, 0.2) is 0 Å². The molecule has 0 aromatic rings. The zero-order chi connectivity index (χ0) is 15.4. The maximum atomic E-state index is 12.4. The van der Waals surface area contributed by atoms with E-state index >= 15 is 0 Å². The van der Waals surface area contributed by atoms with Crippen LogP contribution in [0, 0.1) is 5.92 Å². The Kier molecular flexibility index (Phi) is 5.41. The molecule has 4 atom stereocenters. The summed E-state index contributed by atoms with van der Waals surface area (Å²) in [6, 6.07) is -0.744. The van der Waals surface area contributed by atoms with E-state index < -0.39 is 17.9 Å². The molecule has 0 bridgehead atoms. The van der Waals surface area contributed by atoms with Gasteiger partial charge in [-0.05, 0) is 26.7 Å². The highest BCUT2D eigenvalue weighted by molar-refractivity contribution is 5.77. The Balaban J connectivity index is 1.96. The quantitative estimate of drug-likeness (QED) is 0.779. The molecule has 2 heterocycles. The molecule has 0 spiro atoms. The Morgan fingerprint density at radius 2 is 2.19 bits per heavy atom. The van der Waals surface area contributed by atoms with E-state index in [0.29, 0.717) is 6.54 Å². The molecule has 2 amide bonds. The molecule has 0 radical (unpaired) electrons. The summed E-state index contributed by atoms with van der Waals surface area (Å²) >= 11 is 0. The number of hydrogen-bond donors (Lipinski definition) is 2. The zero-order valence-electron chi connectivity index (χ0n) is 12.6. The van der Waals surface area contributed by atoms with Crippen LogP contribution in [-0.2, 0) is 14.3 Å². The second kappa shape index (κ2) is 7.09. The standard InChI is InChI=1S/C14H24N2O5/c1-3-16(11-8-20-7-10(11)13(17)18)14(19)15-9(2)12-5-4-6-21-12/h9-12H,3-8H2,1-2H3,(H,15,19)(H,17,18). The van der Waals surface area contributed by atoms with Crippen LogP contribution in [0.15, 0.2) is 0 Å². The highest BCUT2D eigenvalue weighted by atomic mass is 16.5. The lowest BCUT2D eigenvalue weighted by atomic mass is 10.0. The number of carboxylic acids is 1. The molecule has 7 heteroatoms. The molecule has 0 aromatic heterocycles. The number of ether oxygens (including phenoxy) is 2. The maximum absolute atomic E-state index is 12.4. The lowest BCUT2D eigenvalue weighted by Crippen LogP contribution is -2.54. The molecule has 7 nitrogen and oxygen atoms in total. The average molecular weight is 300 g/mol. The van der Waals surface area contributed by atoms with Crippen LogP contribution in [0.2, 0.25) is 0 Å². The second-order valence-corrected chi connectivity index (χ2v) is 5.63. The number of nitrogens with zero attached hydrogens (tertiary/aromatic N) is 1. The van der Waals surface area contributed by atoms with Crippen LogP contribution < -0.4 is 5.32 Å². The van der Waals surface area contributed by atoms with Crippen molar-refractivity contribution in [3.8, 4) is 0 Å². The van der Waals surface area contributed by atoms with Crippen molar-refractivity contribution in [2.24, 2.45) is 5.92 Å². The number of carboxylic acid groups (broad SMARTS) is 1. The van der Waals surface area contributed by atoms with Crippen LogP contribution in [0.1, 0.15) is 26.7 Å². The highest BCUT2D eigenvalue weighted by Crippen LogP contribution is 2.21. The van der Waals surface area contributed by atoms with Crippen molar-refractivity contribution < 1.29 is 24.2 Å². The van der Waals surface area contributed by atoms with Crippen molar-refractivity contribution in [3.63, 3.8) is 0 Å². The summed E-state index contributed by atoms with van der Waals surface area (Å²) in [4.78, 5) is 25.2. The molecule has 120 valence electrons. The Labute approximate surface area is 124 Å². The summed E-state index contributed by atoms with van der Waals surface area (Å²) in [6.45, 7) is 5.37. The Hall–Kier alpha value is -1.34. The summed E-state index contributed by atoms with van der Waals surface area (Å²) < 4.78 is 10.8. The van der Waals surface area contributed by atoms with Crippen LogP contribution in [0.3, 0.4) is 0 Å². The first kappa shape index (κ1) is 16.0. The minimum absolute atomic E-state index is 0.0442. The molecule has 21 heavy (non-hydrogen) atoms. The number of nitrogens with one attached hydrogen (secondary N) is 1. The van der Waals surface area contributed by atoms with Gasteiger partial charge in [0.1, 0.15) is 5.92 Å². The first-order valence-corrected chi connectivity index (χ1v) is 7.53. The summed E-state index contributed by atoms with van der Waals surface area (Å²) in [7, 11) is 0. The van der Waals surface area contributed by atoms with Gasteiger partial charge in [-0.1, -0.05) is 0 Å². The topological polar surface area (TPSA) is 88.1 Å². The summed E-state index contributed by atoms with van der Waals surface area (Å²) in [5, 5.41) is 12.1. The predicted molar refractivity (Wildman–Crippen MR) is 75.1 cm³/mol. The molecule has 2 N–H and O–H groups in total. The largest absolute Gasteiger partial charge is 0.481 e. The van der Waals surface area contributed by atoms with Gasteiger partial charge < -0.3 is 24.8 Å². The number of urea groups is 1. The maximum Gasteiger partial charge on any atom is 0.318 e. The fourth-order valence-electron chi connectivity index (χ4n) is 2.98. The van der Waals surface area contributed by atoms with E-state index in [2.05, 4.69) is 5.32 Å². The van der Waals surface area contributed by atoms with E-state index in [0.717, 1.165) is 19.4 Å². The van der Waals surface area contributed by atoms with Crippen molar-refractivity contribution in [1.82, 2.24) is 10.2 Å². The van der Waals surface area contributed by atoms with Crippen LogP contribution in [0.5, 0.6) is 0 Å². The normalized spacial score (nSPS) is 30.1.